The van der Waals surface area contributed by atoms with Crippen molar-refractivity contribution in [2.24, 2.45) is 0 Å². The van der Waals surface area contributed by atoms with E-state index in [2.05, 4.69) is 180 Å². The Labute approximate surface area is 328 Å². The zero-order valence-corrected chi connectivity index (χ0v) is 31.7. The highest BCUT2D eigenvalue weighted by Crippen LogP contribution is 2.45. The van der Waals surface area contributed by atoms with Crippen molar-refractivity contribution in [3.63, 3.8) is 0 Å². The van der Waals surface area contributed by atoms with Gasteiger partial charge in [0.2, 0.25) is 0 Å². The van der Waals surface area contributed by atoms with E-state index in [-0.39, 0.29) is 0 Å². The van der Waals surface area contributed by atoms with Gasteiger partial charge in [-0.25, -0.2) is 4.98 Å². The zero-order valence-electron chi connectivity index (χ0n) is 30.8. The van der Waals surface area contributed by atoms with Gasteiger partial charge in [0.25, 0.3) is 0 Å². The van der Waals surface area contributed by atoms with Crippen LogP contribution in [0.25, 0.3) is 92.6 Å². The van der Waals surface area contributed by atoms with E-state index in [0.29, 0.717) is 0 Å². The van der Waals surface area contributed by atoms with E-state index >= 15 is 4.57 Å². The molecule has 0 spiro atoms. The monoisotopic (exact) mass is 744 g/mol. The molecule has 12 aromatic rings. The normalized spacial score (nSPS) is 12.3. The van der Waals surface area contributed by atoms with Crippen molar-refractivity contribution in [2.75, 3.05) is 0 Å². The number of fused-ring (bicyclic) bond motifs is 13. The van der Waals surface area contributed by atoms with Gasteiger partial charge in [0.05, 0.1) is 16.6 Å². The molecule has 12 rings (SSSR count). The first kappa shape index (κ1) is 32.2. The molecule has 0 N–H and O–H groups in total. The molecule has 0 aliphatic carbocycles. The van der Waals surface area contributed by atoms with E-state index in [0.717, 1.165) is 86.9 Å². The van der Waals surface area contributed by atoms with Gasteiger partial charge in [0.15, 0.2) is 7.14 Å². The van der Waals surface area contributed by atoms with Gasteiger partial charge in [0, 0.05) is 32.1 Å². The van der Waals surface area contributed by atoms with Crippen LogP contribution in [0.15, 0.2) is 200 Å². The topological polar surface area (TPSA) is 34.4 Å². The van der Waals surface area contributed by atoms with Crippen LogP contribution in [-0.2, 0) is 4.57 Å². The zero-order chi connectivity index (χ0) is 37.7. The van der Waals surface area contributed by atoms with Gasteiger partial charge in [0.1, 0.15) is 5.65 Å². The summed E-state index contributed by atoms with van der Waals surface area (Å²) in [6.45, 7) is 0. The van der Waals surface area contributed by atoms with Crippen molar-refractivity contribution < 1.29 is 4.57 Å². The molecule has 3 nitrogen and oxygen atoms in total. The fourth-order valence-electron chi connectivity index (χ4n) is 9.11. The predicted octanol–water partition coefficient (Wildman–Crippen LogP) is 12.7. The minimum atomic E-state index is -3.27. The molecule has 57 heavy (non-hydrogen) atoms. The van der Waals surface area contributed by atoms with E-state index in [4.69, 9.17) is 4.98 Å². The highest BCUT2D eigenvalue weighted by Gasteiger charge is 2.31. The van der Waals surface area contributed by atoms with Crippen LogP contribution in [0.5, 0.6) is 0 Å². The standard InChI is InChI=1S/C53H33N2OP/c56-57(43-24-19-34-9-1-3-12-37(34)30-43,44-25-20-35-10-2-4-13-38(35)31-44)45-26-21-40-29-39(17-18-41(40)32-45)42-23-27-47-51(33-42)55-50-16-8-7-15-49(50)54-53(55)48-28-22-36-11-5-6-14-46(36)52(47)48/h1-33H. The van der Waals surface area contributed by atoms with Crippen LogP contribution in [0, 0.1) is 0 Å². The van der Waals surface area contributed by atoms with Gasteiger partial charge in [-0.05, 0) is 103 Å². The lowest BCUT2D eigenvalue weighted by Gasteiger charge is -2.22. The fraction of sp³-hybridized carbons (Fsp3) is 0. The Morgan fingerprint density at radius 1 is 0.368 bits per heavy atom. The number of hydrogen-bond donors (Lipinski definition) is 0. The van der Waals surface area contributed by atoms with Crippen molar-refractivity contribution in [1.82, 2.24) is 9.38 Å². The van der Waals surface area contributed by atoms with Gasteiger partial charge >= 0.3 is 0 Å². The second kappa shape index (κ2) is 12.2. The molecule has 2 heterocycles. The van der Waals surface area contributed by atoms with Gasteiger partial charge in [-0.15, -0.1) is 0 Å². The lowest BCUT2D eigenvalue weighted by atomic mass is 9.96. The Kier molecular flexibility index (Phi) is 6.90. The molecular formula is C53H33N2OP. The largest absolute Gasteiger partial charge is 0.309 e. The number of benzene rings is 10. The van der Waals surface area contributed by atoms with Crippen LogP contribution >= 0.6 is 7.14 Å². The molecule has 0 fully saturated rings. The Bertz CT molecular complexity index is 3610. The number of hydrogen-bond acceptors (Lipinski definition) is 2. The molecule has 0 saturated heterocycles. The van der Waals surface area contributed by atoms with Crippen LogP contribution in [0.2, 0.25) is 0 Å². The molecule has 0 unspecified atom stereocenters. The number of pyridine rings is 1. The maximum absolute atomic E-state index is 15.9. The molecule has 2 aromatic heterocycles. The Morgan fingerprint density at radius 3 is 1.58 bits per heavy atom. The van der Waals surface area contributed by atoms with Crippen molar-refractivity contribution in [3.05, 3.63) is 200 Å². The Morgan fingerprint density at radius 2 is 0.860 bits per heavy atom. The summed E-state index contributed by atoms with van der Waals surface area (Å²) in [6.07, 6.45) is 0. The molecule has 266 valence electrons. The van der Waals surface area contributed by atoms with Crippen LogP contribution in [0.1, 0.15) is 0 Å². The average Bonchev–Trinajstić information content (AvgIpc) is 3.68. The molecule has 0 saturated carbocycles. The maximum atomic E-state index is 15.9. The van der Waals surface area contributed by atoms with E-state index in [1.54, 1.807) is 0 Å². The van der Waals surface area contributed by atoms with E-state index in [1.807, 2.05) is 24.3 Å². The smallest absolute Gasteiger partial charge is 0.171 e. The lowest BCUT2D eigenvalue weighted by Crippen LogP contribution is -2.25. The molecule has 0 aliphatic rings. The number of nitrogens with zero attached hydrogens (tertiary/aromatic N) is 2. The summed E-state index contributed by atoms with van der Waals surface area (Å²) >= 11 is 0. The first-order valence-corrected chi connectivity index (χ1v) is 21.1. The summed E-state index contributed by atoms with van der Waals surface area (Å²) < 4.78 is 18.2. The molecule has 0 amide bonds. The number of aromatic nitrogens is 2. The van der Waals surface area contributed by atoms with Crippen LogP contribution in [0.4, 0.5) is 0 Å². The van der Waals surface area contributed by atoms with E-state index < -0.39 is 7.14 Å². The van der Waals surface area contributed by atoms with Crippen molar-refractivity contribution in [1.29, 1.82) is 0 Å². The maximum Gasteiger partial charge on any atom is 0.171 e. The first-order valence-electron chi connectivity index (χ1n) is 19.4. The molecule has 0 atom stereocenters. The molecule has 4 heteroatoms. The quantitative estimate of drug-likeness (QED) is 0.133. The molecule has 0 bridgehead atoms. The molecule has 0 radical (unpaired) electrons. The summed E-state index contributed by atoms with van der Waals surface area (Å²) in [4.78, 5) is 5.19. The van der Waals surface area contributed by atoms with Gasteiger partial charge in [-0.2, -0.15) is 0 Å². The summed E-state index contributed by atoms with van der Waals surface area (Å²) in [5, 5.41) is 15.1. The Balaban J connectivity index is 1.04. The average molecular weight is 745 g/mol. The molecular weight excluding hydrogens is 712 g/mol. The Hall–Kier alpha value is -7.06. The summed E-state index contributed by atoms with van der Waals surface area (Å²) in [6, 6.07) is 70.5. The number of imidazole rings is 1. The van der Waals surface area contributed by atoms with Crippen LogP contribution < -0.4 is 15.9 Å². The summed E-state index contributed by atoms with van der Waals surface area (Å²) in [5.74, 6) is 0. The molecule has 10 aromatic carbocycles. The van der Waals surface area contributed by atoms with E-state index in [9.17, 15) is 0 Å². The second-order valence-corrected chi connectivity index (χ2v) is 17.9. The van der Waals surface area contributed by atoms with Crippen LogP contribution in [0.3, 0.4) is 0 Å². The van der Waals surface area contributed by atoms with Crippen molar-refractivity contribution in [2.45, 2.75) is 0 Å². The van der Waals surface area contributed by atoms with Gasteiger partial charge < -0.3 is 4.57 Å². The third kappa shape index (κ3) is 4.86. The minimum Gasteiger partial charge on any atom is -0.309 e. The van der Waals surface area contributed by atoms with E-state index in [1.165, 1.54) is 21.5 Å². The summed E-state index contributed by atoms with van der Waals surface area (Å²) in [7, 11) is -3.27. The van der Waals surface area contributed by atoms with Crippen molar-refractivity contribution in [3.8, 4) is 11.1 Å². The van der Waals surface area contributed by atoms with Crippen molar-refractivity contribution >= 4 is 105 Å². The lowest BCUT2D eigenvalue weighted by molar-refractivity contribution is 0.592. The minimum absolute atomic E-state index is 0.826. The van der Waals surface area contributed by atoms with Gasteiger partial charge in [-0.1, -0.05) is 152 Å². The third-order valence-corrected chi connectivity index (χ3v) is 15.0. The highest BCUT2D eigenvalue weighted by molar-refractivity contribution is 7.85. The molecule has 0 aliphatic heterocycles. The predicted molar refractivity (Wildman–Crippen MR) is 243 cm³/mol. The fourth-order valence-corrected chi connectivity index (χ4v) is 11.8. The third-order valence-electron chi connectivity index (χ3n) is 12.0. The summed E-state index contributed by atoms with van der Waals surface area (Å²) in [5.41, 5.74) is 6.43. The number of rotatable bonds is 4. The van der Waals surface area contributed by atoms with Gasteiger partial charge in [-0.3, -0.25) is 4.40 Å². The second-order valence-electron chi connectivity index (χ2n) is 15.1. The SMILES string of the molecule is O=P(c1ccc2ccccc2c1)(c1ccc2ccccc2c1)c1ccc2cc(-c3ccc4c5c6ccccc6ccc5c5nc6ccccc6n5c4c3)ccc2c1. The number of para-hydroxylation sites is 2. The first-order chi connectivity index (χ1) is 28.1. The van der Waals surface area contributed by atoms with Crippen LogP contribution in [-0.4, -0.2) is 9.38 Å². The highest BCUT2D eigenvalue weighted by atomic mass is 31.2.